The van der Waals surface area contributed by atoms with Crippen LogP contribution in [0.1, 0.15) is 46.5 Å². The average molecular weight is 343 g/mol. The molecule has 128 valence electrons. The topological polar surface area (TPSA) is 50.4 Å². The Labute approximate surface area is 141 Å². The number of hydrogen-bond donors (Lipinski definition) is 2. The summed E-state index contributed by atoms with van der Waals surface area (Å²) in [6.45, 7) is 5.52. The van der Waals surface area contributed by atoms with Gasteiger partial charge in [0.2, 0.25) is 0 Å². The summed E-state index contributed by atoms with van der Waals surface area (Å²) in [5, 5.41) is 6.46. The van der Waals surface area contributed by atoms with Crippen LogP contribution in [0.2, 0.25) is 5.02 Å². The molecule has 6 heteroatoms. The molecular weight excluding hydrogens is 319 g/mol. The summed E-state index contributed by atoms with van der Waals surface area (Å²) in [6.07, 6.45) is 2.94. The van der Waals surface area contributed by atoms with Crippen molar-refractivity contribution in [2.24, 2.45) is 0 Å². The molecule has 0 aromatic heterocycles. The van der Waals surface area contributed by atoms with Crippen molar-refractivity contribution in [2.45, 2.75) is 64.1 Å². The Morgan fingerprint density at radius 1 is 1.22 bits per heavy atom. The Kier molecular flexibility index (Phi) is 5.74. The number of ether oxygens (including phenoxy) is 1. The smallest absolute Gasteiger partial charge is 0.407 e. The minimum absolute atomic E-state index is 0.0963. The van der Waals surface area contributed by atoms with Crippen LogP contribution in [-0.4, -0.2) is 23.8 Å². The molecule has 0 atom stereocenters. The van der Waals surface area contributed by atoms with Crippen LogP contribution in [0.5, 0.6) is 0 Å². The zero-order valence-electron chi connectivity index (χ0n) is 13.8. The van der Waals surface area contributed by atoms with Crippen molar-refractivity contribution in [3.63, 3.8) is 0 Å². The lowest BCUT2D eigenvalue weighted by atomic mass is 9.91. The van der Waals surface area contributed by atoms with Crippen LogP contribution in [0.25, 0.3) is 0 Å². The van der Waals surface area contributed by atoms with Gasteiger partial charge in [0.05, 0.1) is 10.7 Å². The van der Waals surface area contributed by atoms with E-state index in [9.17, 15) is 9.18 Å². The van der Waals surface area contributed by atoms with Crippen LogP contribution in [0.4, 0.5) is 14.9 Å². The molecule has 23 heavy (non-hydrogen) atoms. The van der Waals surface area contributed by atoms with Crippen molar-refractivity contribution in [2.75, 3.05) is 5.32 Å². The van der Waals surface area contributed by atoms with Crippen molar-refractivity contribution in [1.82, 2.24) is 5.32 Å². The molecule has 0 saturated heterocycles. The Hall–Kier alpha value is -1.49. The quantitative estimate of drug-likeness (QED) is 0.835. The Balaban J connectivity index is 1.81. The number of carbonyl (C=O) groups excluding carboxylic acids is 1. The number of nitrogens with one attached hydrogen (secondary N) is 2. The third-order valence-electron chi connectivity index (χ3n) is 3.76. The second kappa shape index (κ2) is 7.39. The first-order chi connectivity index (χ1) is 10.7. The normalized spacial score (nSPS) is 21.6. The van der Waals surface area contributed by atoms with E-state index in [1.807, 2.05) is 20.8 Å². The van der Waals surface area contributed by atoms with E-state index in [2.05, 4.69) is 10.6 Å². The minimum atomic E-state index is -0.496. The highest BCUT2D eigenvalue weighted by Crippen LogP contribution is 2.29. The number of anilines is 1. The van der Waals surface area contributed by atoms with E-state index in [1.54, 1.807) is 12.1 Å². The molecule has 2 rings (SSSR count). The molecule has 1 aromatic rings. The van der Waals surface area contributed by atoms with E-state index in [0.717, 1.165) is 25.7 Å². The van der Waals surface area contributed by atoms with Crippen molar-refractivity contribution < 1.29 is 13.9 Å². The highest BCUT2D eigenvalue weighted by atomic mass is 35.5. The van der Waals surface area contributed by atoms with Crippen LogP contribution in [0.3, 0.4) is 0 Å². The molecule has 0 radical (unpaired) electrons. The van der Waals surface area contributed by atoms with E-state index in [1.165, 1.54) is 6.07 Å². The molecule has 0 aliphatic heterocycles. The summed E-state index contributed by atoms with van der Waals surface area (Å²) in [6, 6.07) is 4.90. The van der Waals surface area contributed by atoms with Gasteiger partial charge in [-0.3, -0.25) is 0 Å². The average Bonchev–Trinajstić information content (AvgIpc) is 2.43. The van der Waals surface area contributed by atoms with Gasteiger partial charge >= 0.3 is 6.09 Å². The summed E-state index contributed by atoms with van der Waals surface area (Å²) in [7, 11) is 0. The zero-order chi connectivity index (χ0) is 17.0. The number of halogens is 2. The predicted molar refractivity (Wildman–Crippen MR) is 90.4 cm³/mol. The molecule has 1 aliphatic carbocycles. The van der Waals surface area contributed by atoms with Gasteiger partial charge in [0.1, 0.15) is 11.4 Å². The molecule has 1 aromatic carbocycles. The van der Waals surface area contributed by atoms with Crippen molar-refractivity contribution in [3.8, 4) is 0 Å². The number of hydrogen-bond acceptors (Lipinski definition) is 3. The van der Waals surface area contributed by atoms with Crippen LogP contribution in [0.15, 0.2) is 18.2 Å². The van der Waals surface area contributed by atoms with E-state index >= 15 is 0 Å². The molecule has 4 nitrogen and oxygen atoms in total. The van der Waals surface area contributed by atoms with E-state index in [0.29, 0.717) is 10.7 Å². The highest BCUT2D eigenvalue weighted by molar-refractivity contribution is 6.33. The summed E-state index contributed by atoms with van der Waals surface area (Å²) in [5.74, 6) is -0.341. The van der Waals surface area contributed by atoms with Crippen LogP contribution >= 0.6 is 11.6 Å². The largest absolute Gasteiger partial charge is 0.444 e. The molecule has 2 N–H and O–H groups in total. The van der Waals surface area contributed by atoms with Crippen LogP contribution < -0.4 is 10.6 Å². The number of amides is 1. The Morgan fingerprint density at radius 3 is 2.39 bits per heavy atom. The van der Waals surface area contributed by atoms with Crippen molar-refractivity contribution in [1.29, 1.82) is 0 Å². The predicted octanol–water partition coefficient (Wildman–Crippen LogP) is 4.73. The first-order valence-electron chi connectivity index (χ1n) is 7.94. The first-order valence-corrected chi connectivity index (χ1v) is 8.32. The molecular formula is C17H24ClFN2O2. The number of alkyl carbamates (subject to hydrolysis) is 1. The van der Waals surface area contributed by atoms with Gasteiger partial charge < -0.3 is 15.4 Å². The van der Waals surface area contributed by atoms with Crippen molar-refractivity contribution in [3.05, 3.63) is 29.0 Å². The third-order valence-corrected chi connectivity index (χ3v) is 4.07. The second-order valence-corrected chi connectivity index (χ2v) is 7.34. The summed E-state index contributed by atoms with van der Waals surface area (Å²) < 4.78 is 19.1. The van der Waals surface area contributed by atoms with Gasteiger partial charge in [-0.25, -0.2) is 9.18 Å². The second-order valence-electron chi connectivity index (χ2n) is 6.94. The molecule has 1 amide bonds. The zero-order valence-corrected chi connectivity index (χ0v) is 14.5. The maximum atomic E-state index is 13.8. The monoisotopic (exact) mass is 342 g/mol. The lowest BCUT2D eigenvalue weighted by Gasteiger charge is -2.31. The summed E-state index contributed by atoms with van der Waals surface area (Å²) >= 11 is 6.03. The number of rotatable bonds is 3. The van der Waals surface area contributed by atoms with Gasteiger partial charge in [0.25, 0.3) is 0 Å². The maximum absolute atomic E-state index is 13.8. The fourth-order valence-electron chi connectivity index (χ4n) is 2.70. The van der Waals surface area contributed by atoms with E-state index in [4.69, 9.17) is 16.3 Å². The highest BCUT2D eigenvalue weighted by Gasteiger charge is 2.25. The lowest BCUT2D eigenvalue weighted by molar-refractivity contribution is 0.0492. The van der Waals surface area contributed by atoms with Gasteiger partial charge in [0, 0.05) is 12.1 Å². The van der Waals surface area contributed by atoms with Crippen molar-refractivity contribution >= 4 is 23.4 Å². The van der Waals surface area contributed by atoms with Crippen LogP contribution in [-0.2, 0) is 4.74 Å². The maximum Gasteiger partial charge on any atom is 0.407 e. The van der Waals surface area contributed by atoms with Gasteiger partial charge in [0.15, 0.2) is 0 Å². The SMILES string of the molecule is CC(C)(C)OC(=O)NC1CCC(Nc2c(F)cccc2Cl)CC1. The molecule has 0 unspecified atom stereocenters. The molecule has 1 fully saturated rings. The van der Waals surface area contributed by atoms with Gasteiger partial charge in [-0.05, 0) is 58.6 Å². The summed E-state index contributed by atoms with van der Waals surface area (Å²) in [5.41, 5.74) is -0.137. The number of carbonyl (C=O) groups is 1. The van der Waals surface area contributed by atoms with Gasteiger partial charge in [-0.1, -0.05) is 17.7 Å². The standard InChI is InChI=1S/C17H24ClFN2O2/c1-17(2,3)23-16(22)21-12-9-7-11(8-10-12)20-15-13(18)5-4-6-14(15)19/h4-6,11-12,20H,7-10H2,1-3H3,(H,21,22). The number of para-hydroxylation sites is 1. The molecule has 1 aliphatic rings. The van der Waals surface area contributed by atoms with E-state index < -0.39 is 5.60 Å². The molecule has 0 heterocycles. The van der Waals surface area contributed by atoms with Gasteiger partial charge in [-0.2, -0.15) is 0 Å². The first kappa shape index (κ1) is 17.9. The fraction of sp³-hybridized carbons (Fsp3) is 0.588. The lowest BCUT2D eigenvalue weighted by Crippen LogP contribution is -2.42. The van der Waals surface area contributed by atoms with Crippen LogP contribution in [0, 0.1) is 5.82 Å². The molecule has 1 saturated carbocycles. The Morgan fingerprint density at radius 2 is 1.83 bits per heavy atom. The molecule has 0 bridgehead atoms. The van der Waals surface area contributed by atoms with Gasteiger partial charge in [-0.15, -0.1) is 0 Å². The van der Waals surface area contributed by atoms with E-state index in [-0.39, 0.29) is 24.0 Å². The number of benzene rings is 1. The fourth-order valence-corrected chi connectivity index (χ4v) is 2.91. The Bertz CT molecular complexity index is 532. The summed E-state index contributed by atoms with van der Waals surface area (Å²) in [4.78, 5) is 11.8. The third kappa shape index (κ3) is 5.57. The molecule has 0 spiro atoms. The minimum Gasteiger partial charge on any atom is -0.444 e.